The van der Waals surface area contributed by atoms with Gasteiger partial charge >= 0.3 is 0 Å². The Kier molecular flexibility index (Phi) is 2.86. The van der Waals surface area contributed by atoms with Crippen molar-refractivity contribution in [1.82, 2.24) is 10.6 Å². The number of amides is 1. The molecule has 1 heterocycles. The van der Waals surface area contributed by atoms with Gasteiger partial charge in [0.25, 0.3) is 5.91 Å². The Hall–Kier alpha value is -2.07. The summed E-state index contributed by atoms with van der Waals surface area (Å²) in [5, 5.41) is 18.0. The molecular weight excluding hydrogens is 264 g/mol. The molecule has 4 nitrogen and oxygen atoms in total. The quantitative estimate of drug-likeness (QED) is 0.790. The summed E-state index contributed by atoms with van der Waals surface area (Å²) in [5.41, 5.74) is 0.649. The summed E-state index contributed by atoms with van der Waals surface area (Å²) in [6.45, 7) is 1.09. The number of rotatable bonds is 2. The number of hydrogen-bond acceptors (Lipinski definition) is 3. The first-order chi connectivity index (χ1) is 10.2. The van der Waals surface area contributed by atoms with Crippen molar-refractivity contribution in [1.29, 1.82) is 0 Å². The zero-order valence-corrected chi connectivity index (χ0v) is 11.7. The van der Waals surface area contributed by atoms with E-state index in [1.54, 1.807) is 12.1 Å². The average Bonchev–Trinajstić information content (AvgIpc) is 3.09. The molecular formula is C17H18N2O2. The Bertz CT molecular complexity index is 713. The molecule has 1 amide bonds. The van der Waals surface area contributed by atoms with E-state index in [9.17, 15) is 9.90 Å². The minimum absolute atomic E-state index is 0.0282. The number of carbonyl (C=O) groups excluding carboxylic acids is 1. The molecule has 0 radical (unpaired) electrons. The van der Waals surface area contributed by atoms with Crippen LogP contribution < -0.4 is 10.6 Å². The third kappa shape index (κ3) is 2.25. The smallest absolute Gasteiger partial charge is 0.251 e. The number of hydrogen-bond donors (Lipinski definition) is 3. The molecule has 2 aromatic rings. The van der Waals surface area contributed by atoms with Crippen LogP contribution in [0.25, 0.3) is 10.8 Å². The molecule has 1 saturated carbocycles. The van der Waals surface area contributed by atoms with Crippen molar-refractivity contribution in [3.8, 4) is 5.75 Å². The Morgan fingerprint density at radius 1 is 1.14 bits per heavy atom. The molecule has 108 valence electrons. The Morgan fingerprint density at radius 2 is 2.00 bits per heavy atom. The van der Waals surface area contributed by atoms with Crippen molar-refractivity contribution < 1.29 is 9.90 Å². The summed E-state index contributed by atoms with van der Waals surface area (Å²) < 4.78 is 0. The van der Waals surface area contributed by atoms with Gasteiger partial charge in [0, 0.05) is 17.6 Å². The number of phenolic OH excluding ortho intramolecular Hbond substituents is 1. The second-order valence-corrected chi connectivity index (χ2v) is 6.18. The fourth-order valence-electron chi connectivity index (χ4n) is 3.64. The number of carbonyl (C=O) groups is 1. The summed E-state index contributed by atoms with van der Waals surface area (Å²) in [6.07, 6.45) is 2.26. The van der Waals surface area contributed by atoms with Gasteiger partial charge in [0.05, 0.1) is 0 Å². The van der Waals surface area contributed by atoms with Gasteiger partial charge in [-0.1, -0.05) is 12.1 Å². The molecule has 2 bridgehead atoms. The topological polar surface area (TPSA) is 61.4 Å². The van der Waals surface area contributed by atoms with Crippen molar-refractivity contribution >= 4 is 16.7 Å². The zero-order valence-electron chi connectivity index (χ0n) is 11.7. The normalized spacial score (nSPS) is 27.1. The Morgan fingerprint density at radius 3 is 2.76 bits per heavy atom. The second-order valence-electron chi connectivity index (χ2n) is 6.18. The third-order valence-electron chi connectivity index (χ3n) is 4.73. The molecule has 2 fully saturated rings. The lowest BCUT2D eigenvalue weighted by molar-refractivity contribution is 0.0928. The maximum absolute atomic E-state index is 12.4. The van der Waals surface area contributed by atoms with Gasteiger partial charge in [0.15, 0.2) is 0 Å². The van der Waals surface area contributed by atoms with Gasteiger partial charge in [0.2, 0.25) is 0 Å². The van der Waals surface area contributed by atoms with E-state index < -0.39 is 0 Å². The highest BCUT2D eigenvalue weighted by Gasteiger charge is 2.39. The van der Waals surface area contributed by atoms with E-state index >= 15 is 0 Å². The Labute approximate surface area is 123 Å². The van der Waals surface area contributed by atoms with Crippen LogP contribution in [-0.2, 0) is 0 Å². The van der Waals surface area contributed by atoms with Gasteiger partial charge < -0.3 is 15.7 Å². The fraction of sp³-hybridized carbons (Fsp3) is 0.353. The van der Waals surface area contributed by atoms with E-state index in [1.165, 1.54) is 6.42 Å². The van der Waals surface area contributed by atoms with E-state index in [2.05, 4.69) is 10.6 Å². The first kappa shape index (κ1) is 12.7. The molecule has 21 heavy (non-hydrogen) atoms. The second kappa shape index (κ2) is 4.74. The van der Waals surface area contributed by atoms with Crippen LogP contribution >= 0.6 is 0 Å². The number of aromatic hydroxyl groups is 1. The predicted molar refractivity (Wildman–Crippen MR) is 81.4 cm³/mol. The van der Waals surface area contributed by atoms with Crippen LogP contribution in [0.1, 0.15) is 23.2 Å². The maximum Gasteiger partial charge on any atom is 0.251 e. The van der Waals surface area contributed by atoms with Crippen molar-refractivity contribution in [2.75, 3.05) is 6.54 Å². The number of phenols is 1. The van der Waals surface area contributed by atoms with Crippen molar-refractivity contribution in [2.45, 2.75) is 24.9 Å². The van der Waals surface area contributed by atoms with E-state index in [4.69, 9.17) is 0 Å². The largest absolute Gasteiger partial charge is 0.508 e. The lowest BCUT2D eigenvalue weighted by Crippen LogP contribution is -2.47. The molecule has 3 N–H and O–H groups in total. The number of fused-ring (bicyclic) bond motifs is 3. The SMILES string of the molecule is O=C(NC1CC2CNC1C2)c1ccc2ccc(O)cc2c1. The highest BCUT2D eigenvalue weighted by Crippen LogP contribution is 2.31. The average molecular weight is 282 g/mol. The minimum atomic E-state index is -0.0282. The molecule has 0 spiro atoms. The number of piperidine rings is 1. The van der Waals surface area contributed by atoms with Gasteiger partial charge in [-0.05, 0) is 60.3 Å². The molecule has 4 heteroatoms. The van der Waals surface area contributed by atoms with Crippen LogP contribution in [0.2, 0.25) is 0 Å². The Balaban J connectivity index is 1.56. The molecule has 0 aromatic heterocycles. The number of benzene rings is 2. The summed E-state index contributed by atoms with van der Waals surface area (Å²) in [5.74, 6) is 0.908. The van der Waals surface area contributed by atoms with E-state index in [1.807, 2.05) is 24.3 Å². The van der Waals surface area contributed by atoms with E-state index in [0.29, 0.717) is 17.5 Å². The van der Waals surface area contributed by atoms with Gasteiger partial charge in [-0.15, -0.1) is 0 Å². The van der Waals surface area contributed by atoms with E-state index in [0.717, 1.165) is 23.7 Å². The van der Waals surface area contributed by atoms with Crippen molar-refractivity contribution in [3.05, 3.63) is 42.0 Å². The first-order valence-corrected chi connectivity index (χ1v) is 7.46. The van der Waals surface area contributed by atoms with E-state index in [-0.39, 0.29) is 17.7 Å². The monoisotopic (exact) mass is 282 g/mol. The van der Waals surface area contributed by atoms with Gasteiger partial charge in [0.1, 0.15) is 5.75 Å². The van der Waals surface area contributed by atoms with Gasteiger partial charge in [-0.25, -0.2) is 0 Å². The minimum Gasteiger partial charge on any atom is -0.508 e. The van der Waals surface area contributed by atoms with Crippen LogP contribution in [0.5, 0.6) is 5.75 Å². The fourth-order valence-corrected chi connectivity index (χ4v) is 3.64. The summed E-state index contributed by atoms with van der Waals surface area (Å²) in [6, 6.07) is 11.5. The molecule has 2 aromatic carbocycles. The lowest BCUT2D eigenvalue weighted by Gasteiger charge is -2.24. The molecule has 1 aliphatic heterocycles. The zero-order chi connectivity index (χ0) is 14.4. The van der Waals surface area contributed by atoms with Crippen LogP contribution in [0.4, 0.5) is 0 Å². The van der Waals surface area contributed by atoms with Crippen molar-refractivity contribution in [2.24, 2.45) is 5.92 Å². The maximum atomic E-state index is 12.4. The number of nitrogens with one attached hydrogen (secondary N) is 2. The summed E-state index contributed by atoms with van der Waals surface area (Å²) in [7, 11) is 0. The van der Waals surface area contributed by atoms with Crippen LogP contribution in [0.15, 0.2) is 36.4 Å². The van der Waals surface area contributed by atoms with Gasteiger partial charge in [-0.2, -0.15) is 0 Å². The van der Waals surface area contributed by atoms with Gasteiger partial charge in [-0.3, -0.25) is 4.79 Å². The first-order valence-electron chi connectivity index (χ1n) is 7.46. The summed E-state index contributed by atoms with van der Waals surface area (Å²) in [4.78, 5) is 12.4. The molecule has 2 aliphatic rings. The van der Waals surface area contributed by atoms with Crippen LogP contribution in [-0.4, -0.2) is 29.6 Å². The molecule has 1 aliphatic carbocycles. The predicted octanol–water partition coefficient (Wildman–Crippen LogP) is 2.03. The lowest BCUT2D eigenvalue weighted by atomic mass is 10.0. The molecule has 4 rings (SSSR count). The third-order valence-corrected chi connectivity index (χ3v) is 4.73. The molecule has 3 unspecified atom stereocenters. The van der Waals surface area contributed by atoms with Crippen LogP contribution in [0.3, 0.4) is 0 Å². The molecule has 3 atom stereocenters. The van der Waals surface area contributed by atoms with Crippen molar-refractivity contribution in [3.63, 3.8) is 0 Å². The highest BCUT2D eigenvalue weighted by molar-refractivity contribution is 5.99. The standard InChI is InChI=1S/C17H18N2O2/c20-14-4-3-11-1-2-12(7-13(11)8-14)17(21)19-16-6-10-5-15(16)18-9-10/h1-4,7-8,10,15-16,18,20H,5-6,9H2,(H,19,21). The molecule has 1 saturated heterocycles. The summed E-state index contributed by atoms with van der Waals surface area (Å²) >= 11 is 0. The van der Waals surface area contributed by atoms with Crippen LogP contribution in [0, 0.1) is 5.92 Å². The highest BCUT2D eigenvalue weighted by atomic mass is 16.3.